The van der Waals surface area contributed by atoms with Crippen LogP contribution in [0.4, 0.5) is 11.5 Å². The number of aromatic nitrogens is 2. The molecule has 0 radical (unpaired) electrons. The van der Waals surface area contributed by atoms with E-state index in [1.807, 2.05) is 0 Å². The fourth-order valence-electron chi connectivity index (χ4n) is 3.00. The molecule has 0 amide bonds. The minimum Gasteiger partial charge on any atom is -0.363 e. The lowest BCUT2D eigenvalue weighted by atomic mass is 10.2. The van der Waals surface area contributed by atoms with Gasteiger partial charge in [0.25, 0.3) is 0 Å². The SMILES string of the molecule is C[C@H](CNc1nc2ccccn2c(=O)c1[N+](=O)[O-])N1CCN(C)CC1. The van der Waals surface area contributed by atoms with Crippen LogP contribution in [0.25, 0.3) is 5.65 Å². The average Bonchev–Trinajstić information content (AvgIpc) is 2.60. The van der Waals surface area contributed by atoms with Crippen molar-refractivity contribution in [2.45, 2.75) is 13.0 Å². The van der Waals surface area contributed by atoms with Gasteiger partial charge in [-0.3, -0.25) is 24.2 Å². The molecule has 0 aromatic carbocycles. The van der Waals surface area contributed by atoms with Crippen LogP contribution in [0.5, 0.6) is 0 Å². The molecule has 1 N–H and O–H groups in total. The van der Waals surface area contributed by atoms with Gasteiger partial charge in [-0.25, -0.2) is 4.98 Å². The molecular weight excluding hydrogens is 324 g/mol. The number of pyridine rings is 1. The fourth-order valence-corrected chi connectivity index (χ4v) is 3.00. The van der Waals surface area contributed by atoms with Crippen molar-refractivity contribution >= 4 is 17.2 Å². The van der Waals surface area contributed by atoms with Crippen LogP contribution < -0.4 is 10.9 Å². The van der Waals surface area contributed by atoms with Gasteiger partial charge in [0.05, 0.1) is 4.92 Å². The van der Waals surface area contributed by atoms with Crippen molar-refractivity contribution in [3.63, 3.8) is 0 Å². The number of nitrogens with one attached hydrogen (secondary N) is 1. The van der Waals surface area contributed by atoms with Gasteiger partial charge in [0, 0.05) is 45.0 Å². The number of hydrogen-bond acceptors (Lipinski definition) is 7. The van der Waals surface area contributed by atoms with Gasteiger partial charge in [0.2, 0.25) is 5.82 Å². The molecule has 25 heavy (non-hydrogen) atoms. The summed E-state index contributed by atoms with van der Waals surface area (Å²) >= 11 is 0. The molecule has 1 aliphatic rings. The molecule has 1 atom stereocenters. The van der Waals surface area contributed by atoms with Crippen LogP contribution in [0.2, 0.25) is 0 Å². The van der Waals surface area contributed by atoms with Gasteiger partial charge in [-0.05, 0) is 26.1 Å². The van der Waals surface area contributed by atoms with E-state index >= 15 is 0 Å². The van der Waals surface area contributed by atoms with Crippen molar-refractivity contribution in [3.05, 3.63) is 44.9 Å². The molecule has 2 aromatic heterocycles. The van der Waals surface area contributed by atoms with E-state index in [0.717, 1.165) is 26.2 Å². The first-order valence-corrected chi connectivity index (χ1v) is 8.29. The van der Waals surface area contributed by atoms with Gasteiger partial charge < -0.3 is 10.2 Å². The summed E-state index contributed by atoms with van der Waals surface area (Å²) in [6, 6.07) is 5.22. The Morgan fingerprint density at radius 2 is 2.04 bits per heavy atom. The van der Waals surface area contributed by atoms with E-state index in [0.29, 0.717) is 12.2 Å². The number of anilines is 1. The number of piperazine rings is 1. The van der Waals surface area contributed by atoms with Gasteiger partial charge in [-0.15, -0.1) is 0 Å². The van der Waals surface area contributed by atoms with E-state index in [2.05, 4.69) is 34.1 Å². The second kappa shape index (κ2) is 7.16. The van der Waals surface area contributed by atoms with Crippen LogP contribution in [0.3, 0.4) is 0 Å². The molecule has 0 spiro atoms. The minimum absolute atomic E-state index is 0.0298. The standard InChI is InChI=1S/C16H22N6O3/c1-12(20-9-7-19(2)8-10-20)11-17-15-14(22(24)25)16(23)21-6-4-3-5-13(21)18-15/h3-6,12,17H,7-11H2,1-2H3/t12-/m1/s1. The maximum Gasteiger partial charge on any atom is 0.376 e. The molecule has 9 nitrogen and oxygen atoms in total. The maximum absolute atomic E-state index is 12.4. The molecule has 0 aliphatic carbocycles. The number of likely N-dealkylation sites (N-methyl/N-ethyl adjacent to an activating group) is 1. The highest BCUT2D eigenvalue weighted by molar-refractivity contribution is 5.59. The van der Waals surface area contributed by atoms with E-state index in [1.54, 1.807) is 18.2 Å². The summed E-state index contributed by atoms with van der Waals surface area (Å²) in [4.78, 5) is 32.0. The summed E-state index contributed by atoms with van der Waals surface area (Å²) in [5.41, 5.74) is -0.813. The zero-order valence-electron chi connectivity index (χ0n) is 14.4. The minimum atomic E-state index is -0.676. The predicted octanol–water partition coefficient (Wildman–Crippen LogP) is 0.651. The van der Waals surface area contributed by atoms with Crippen LogP contribution in [0.15, 0.2) is 29.2 Å². The number of fused-ring (bicyclic) bond motifs is 1. The van der Waals surface area contributed by atoms with E-state index < -0.39 is 16.2 Å². The third kappa shape index (κ3) is 3.62. The number of rotatable bonds is 5. The van der Waals surface area contributed by atoms with Crippen molar-refractivity contribution in [2.24, 2.45) is 0 Å². The fraction of sp³-hybridized carbons (Fsp3) is 0.500. The third-order valence-electron chi connectivity index (χ3n) is 4.62. The lowest BCUT2D eigenvalue weighted by molar-refractivity contribution is -0.385. The van der Waals surface area contributed by atoms with Gasteiger partial charge in [-0.2, -0.15) is 0 Å². The molecule has 0 bridgehead atoms. The molecule has 9 heteroatoms. The summed E-state index contributed by atoms with van der Waals surface area (Å²) in [5, 5.41) is 14.4. The van der Waals surface area contributed by atoms with E-state index in [4.69, 9.17) is 0 Å². The number of nitrogens with zero attached hydrogens (tertiary/aromatic N) is 5. The van der Waals surface area contributed by atoms with E-state index in [9.17, 15) is 14.9 Å². The van der Waals surface area contributed by atoms with Crippen LogP contribution in [0.1, 0.15) is 6.92 Å². The Hall–Kier alpha value is -2.52. The smallest absolute Gasteiger partial charge is 0.363 e. The predicted molar refractivity (Wildman–Crippen MR) is 95.1 cm³/mol. The van der Waals surface area contributed by atoms with Gasteiger partial charge >= 0.3 is 11.2 Å². The summed E-state index contributed by atoms with van der Waals surface area (Å²) in [7, 11) is 2.09. The Kier molecular flexibility index (Phi) is 4.95. The average molecular weight is 346 g/mol. The molecular formula is C16H22N6O3. The van der Waals surface area contributed by atoms with Gasteiger partial charge in [0.1, 0.15) is 5.65 Å². The van der Waals surface area contributed by atoms with Crippen LogP contribution in [0, 0.1) is 10.1 Å². The Morgan fingerprint density at radius 3 is 2.72 bits per heavy atom. The highest BCUT2D eigenvalue weighted by Gasteiger charge is 2.25. The lowest BCUT2D eigenvalue weighted by Crippen LogP contribution is -2.50. The number of hydrogen-bond donors (Lipinski definition) is 1. The van der Waals surface area contributed by atoms with Gasteiger partial charge in [0.15, 0.2) is 0 Å². The molecule has 1 saturated heterocycles. The van der Waals surface area contributed by atoms with Crippen molar-refractivity contribution < 1.29 is 4.92 Å². The molecule has 1 fully saturated rings. The first-order valence-electron chi connectivity index (χ1n) is 8.29. The molecule has 0 unspecified atom stereocenters. The lowest BCUT2D eigenvalue weighted by Gasteiger charge is -2.36. The highest BCUT2D eigenvalue weighted by Crippen LogP contribution is 2.18. The molecule has 1 aliphatic heterocycles. The second-order valence-corrected chi connectivity index (χ2v) is 6.37. The molecule has 134 valence electrons. The third-order valence-corrected chi connectivity index (χ3v) is 4.62. The normalized spacial score (nSPS) is 17.5. The zero-order valence-corrected chi connectivity index (χ0v) is 14.4. The topological polar surface area (TPSA) is 96.0 Å². The largest absolute Gasteiger partial charge is 0.376 e. The Morgan fingerprint density at radius 1 is 1.32 bits per heavy atom. The van der Waals surface area contributed by atoms with Crippen molar-refractivity contribution in [1.29, 1.82) is 0 Å². The van der Waals surface area contributed by atoms with E-state index in [-0.39, 0.29) is 11.9 Å². The van der Waals surface area contributed by atoms with Crippen molar-refractivity contribution in [1.82, 2.24) is 19.2 Å². The van der Waals surface area contributed by atoms with Crippen LogP contribution in [-0.2, 0) is 0 Å². The monoisotopic (exact) mass is 346 g/mol. The first kappa shape index (κ1) is 17.3. The second-order valence-electron chi connectivity index (χ2n) is 6.37. The summed E-state index contributed by atoms with van der Waals surface area (Å²) < 4.78 is 1.19. The summed E-state index contributed by atoms with van der Waals surface area (Å²) in [5.74, 6) is 0.0298. The first-order chi connectivity index (χ1) is 12.0. The maximum atomic E-state index is 12.4. The zero-order chi connectivity index (χ0) is 18.0. The molecule has 0 saturated carbocycles. The van der Waals surface area contributed by atoms with Crippen molar-refractivity contribution in [3.8, 4) is 0 Å². The Balaban J connectivity index is 1.82. The van der Waals surface area contributed by atoms with Gasteiger partial charge in [-0.1, -0.05) is 6.07 Å². The van der Waals surface area contributed by atoms with E-state index in [1.165, 1.54) is 10.6 Å². The quantitative estimate of drug-likeness (QED) is 0.627. The number of nitro groups is 1. The van der Waals surface area contributed by atoms with Crippen LogP contribution >= 0.6 is 0 Å². The summed E-state index contributed by atoms with van der Waals surface area (Å²) in [6.45, 7) is 6.46. The Bertz CT molecular complexity index is 828. The summed E-state index contributed by atoms with van der Waals surface area (Å²) in [6.07, 6.45) is 1.48. The Labute approximate surface area is 145 Å². The molecule has 3 heterocycles. The van der Waals surface area contributed by atoms with Crippen LogP contribution in [-0.4, -0.2) is 69.9 Å². The van der Waals surface area contributed by atoms with Crippen molar-refractivity contribution in [2.75, 3.05) is 45.1 Å². The molecule has 2 aromatic rings. The highest BCUT2D eigenvalue weighted by atomic mass is 16.6. The molecule has 3 rings (SSSR count).